The summed E-state index contributed by atoms with van der Waals surface area (Å²) in [6.45, 7) is 15.2. The Labute approximate surface area is 439 Å². The van der Waals surface area contributed by atoms with Gasteiger partial charge < -0.3 is 109 Å². The fourth-order valence-corrected chi connectivity index (χ4v) is 16.0. The molecule has 4 heterocycles. The van der Waals surface area contributed by atoms with Crippen LogP contribution in [0.5, 0.6) is 0 Å². The molecule has 4 aliphatic heterocycles. The van der Waals surface area contributed by atoms with Gasteiger partial charge >= 0.3 is 0 Å². The monoisotopic (exact) mass is 1080 g/mol. The number of aliphatic hydroxyl groups is 14. The van der Waals surface area contributed by atoms with Gasteiger partial charge in [0.2, 0.25) is 0 Å². The molecule has 0 spiro atoms. The van der Waals surface area contributed by atoms with E-state index in [9.17, 15) is 71.5 Å². The first-order valence-corrected chi connectivity index (χ1v) is 27.3. The number of hydrogen-bond donors (Lipinski definition) is 14. The molecule has 14 N–H and O–H groups in total. The molecule has 8 rings (SSSR count). The zero-order valence-corrected chi connectivity index (χ0v) is 44.7. The van der Waals surface area contributed by atoms with Crippen molar-refractivity contribution in [3.63, 3.8) is 0 Å². The first-order valence-electron chi connectivity index (χ1n) is 27.3. The van der Waals surface area contributed by atoms with Gasteiger partial charge in [-0.2, -0.15) is 0 Å². The van der Waals surface area contributed by atoms with E-state index in [1.807, 2.05) is 20.8 Å². The molecule has 0 bridgehead atoms. The summed E-state index contributed by atoms with van der Waals surface area (Å²) in [5.41, 5.74) is -1.51. The van der Waals surface area contributed by atoms with E-state index in [4.69, 9.17) is 37.9 Å². The van der Waals surface area contributed by atoms with E-state index in [1.165, 1.54) is 0 Å². The van der Waals surface area contributed by atoms with Crippen molar-refractivity contribution in [2.24, 2.45) is 45.3 Å². The average Bonchev–Trinajstić information content (AvgIpc) is 3.75. The fourth-order valence-electron chi connectivity index (χ4n) is 16.0. The number of fused-ring (bicyclic) bond motifs is 5. The maximum atomic E-state index is 12.8. The second-order valence-electron chi connectivity index (χ2n) is 25.3. The van der Waals surface area contributed by atoms with Crippen molar-refractivity contribution in [3.8, 4) is 0 Å². The van der Waals surface area contributed by atoms with E-state index in [-0.39, 0.29) is 41.1 Å². The summed E-state index contributed by atoms with van der Waals surface area (Å²) in [6, 6.07) is 0. The molecule has 0 radical (unpaired) electrons. The van der Waals surface area contributed by atoms with E-state index in [2.05, 4.69) is 40.7 Å². The second-order valence-corrected chi connectivity index (χ2v) is 25.3. The molecule has 0 aromatic carbocycles. The van der Waals surface area contributed by atoms with Crippen LogP contribution in [0, 0.1) is 45.3 Å². The van der Waals surface area contributed by atoms with Crippen LogP contribution in [0.3, 0.4) is 0 Å². The third-order valence-corrected chi connectivity index (χ3v) is 20.5. The lowest BCUT2D eigenvalue weighted by Gasteiger charge is -2.71. The number of aliphatic hydroxyl groups excluding tert-OH is 14. The minimum Gasteiger partial charge on any atom is -0.394 e. The summed E-state index contributed by atoms with van der Waals surface area (Å²) in [5, 5.41) is 151. The minimum atomic E-state index is -1.81. The van der Waals surface area contributed by atoms with E-state index >= 15 is 0 Å². The zero-order valence-electron chi connectivity index (χ0n) is 44.7. The van der Waals surface area contributed by atoms with Crippen molar-refractivity contribution in [2.45, 2.75) is 248 Å². The van der Waals surface area contributed by atoms with Crippen LogP contribution in [0.25, 0.3) is 0 Å². The third-order valence-electron chi connectivity index (χ3n) is 20.5. The van der Waals surface area contributed by atoms with Gasteiger partial charge in [-0.25, -0.2) is 0 Å². The molecule has 4 aliphatic carbocycles. The number of allylic oxidation sites excluding steroid dienone is 2. The van der Waals surface area contributed by atoms with Crippen LogP contribution in [0.15, 0.2) is 11.6 Å². The summed E-state index contributed by atoms with van der Waals surface area (Å²) < 4.78 is 48.9. The standard InChI is InChI=1S/C53H90O22/c1-23(2)10-9-14-53(8,75-47-43(67)39(63)41(65)45(74-47)69-22-29-37(61)34(58)26(57)21-68-29)24-11-16-52(7)33(24)25(56)18-31-50(5)15-13-32(49(3,4)30(50)12-17-51(31,52)6)72-48-44(40(64)36(60)28(20-55)71-48)73-46-42(66)38(62)35(59)27(19-54)70-46/h10,24-48,54-67H,9,11-22H2,1-8H3/t24-,25+,26?,27?,28?,29?,30-,31+,32-,33-,34?,35?,36?,37?,38?,39?,40?,41?,42?,43?,44?,45?,46?,47?,48?,50-,51+,52+,53-/m0/s1. The normalized spacial score (nSPS) is 52.7. The average molecular weight is 1080 g/mol. The lowest BCUT2D eigenvalue weighted by molar-refractivity contribution is -0.379. The highest BCUT2D eigenvalue weighted by Crippen LogP contribution is 2.76. The Morgan fingerprint density at radius 3 is 1.83 bits per heavy atom. The van der Waals surface area contributed by atoms with Crippen LogP contribution in [0.1, 0.15) is 113 Å². The fraction of sp³-hybridized carbons (Fsp3) is 0.962. The third kappa shape index (κ3) is 10.6. The van der Waals surface area contributed by atoms with Gasteiger partial charge in [0.25, 0.3) is 0 Å². The molecule has 0 amide bonds. The molecule has 22 heteroatoms. The first kappa shape index (κ1) is 60.0. The van der Waals surface area contributed by atoms with Gasteiger partial charge in [0.15, 0.2) is 25.2 Å². The predicted molar refractivity (Wildman–Crippen MR) is 260 cm³/mol. The van der Waals surface area contributed by atoms with Crippen molar-refractivity contribution >= 4 is 0 Å². The molecule has 434 valence electrons. The van der Waals surface area contributed by atoms with Gasteiger partial charge in [0.05, 0.1) is 44.2 Å². The van der Waals surface area contributed by atoms with Crippen molar-refractivity contribution in [2.75, 3.05) is 26.4 Å². The van der Waals surface area contributed by atoms with E-state index in [0.717, 1.165) is 24.8 Å². The second kappa shape index (κ2) is 22.7. The van der Waals surface area contributed by atoms with Gasteiger partial charge in [0.1, 0.15) is 91.6 Å². The molecule has 75 heavy (non-hydrogen) atoms. The Morgan fingerprint density at radius 2 is 1.17 bits per heavy atom. The molecule has 0 aromatic heterocycles. The van der Waals surface area contributed by atoms with Gasteiger partial charge in [0, 0.05) is 0 Å². The Balaban J connectivity index is 1.01. The highest BCUT2D eigenvalue weighted by Gasteiger charge is 2.72. The van der Waals surface area contributed by atoms with Gasteiger partial charge in [-0.1, -0.05) is 46.3 Å². The molecule has 22 nitrogen and oxygen atoms in total. The number of hydrogen-bond acceptors (Lipinski definition) is 22. The van der Waals surface area contributed by atoms with E-state index in [1.54, 1.807) is 0 Å². The lowest BCUT2D eigenvalue weighted by atomic mass is 9.35. The maximum Gasteiger partial charge on any atom is 0.189 e. The largest absolute Gasteiger partial charge is 0.394 e. The molecular formula is C53H90O22. The van der Waals surface area contributed by atoms with Crippen molar-refractivity contribution < 1.29 is 109 Å². The molecule has 19 unspecified atom stereocenters. The van der Waals surface area contributed by atoms with Crippen LogP contribution in [-0.2, 0) is 37.9 Å². The topological polar surface area (TPSA) is 357 Å². The zero-order chi connectivity index (χ0) is 55.1. The van der Waals surface area contributed by atoms with Crippen molar-refractivity contribution in [1.29, 1.82) is 0 Å². The number of rotatable bonds is 15. The van der Waals surface area contributed by atoms with Crippen molar-refractivity contribution in [3.05, 3.63) is 11.6 Å². The maximum absolute atomic E-state index is 12.8. The minimum absolute atomic E-state index is 0.0492. The van der Waals surface area contributed by atoms with Crippen LogP contribution in [-0.4, -0.2) is 232 Å². The molecule has 4 saturated carbocycles. The van der Waals surface area contributed by atoms with E-state index < -0.39 is 165 Å². The Hall–Kier alpha value is -1.14. The smallest absolute Gasteiger partial charge is 0.189 e. The summed E-state index contributed by atoms with van der Waals surface area (Å²) in [7, 11) is 0. The molecule has 0 aromatic rings. The van der Waals surface area contributed by atoms with E-state index in [0.29, 0.717) is 38.5 Å². The number of ether oxygens (including phenoxy) is 8. The van der Waals surface area contributed by atoms with Crippen LogP contribution in [0.2, 0.25) is 0 Å². The summed E-state index contributed by atoms with van der Waals surface area (Å²) in [4.78, 5) is 0. The van der Waals surface area contributed by atoms with Gasteiger partial charge in [-0.05, 0) is 124 Å². The van der Waals surface area contributed by atoms with Crippen molar-refractivity contribution in [1.82, 2.24) is 0 Å². The summed E-state index contributed by atoms with van der Waals surface area (Å²) in [5.74, 6) is -0.415. The molecular weight excluding hydrogens is 989 g/mol. The van der Waals surface area contributed by atoms with Crippen LogP contribution >= 0.6 is 0 Å². The molecule has 8 fully saturated rings. The van der Waals surface area contributed by atoms with Gasteiger partial charge in [-0.3, -0.25) is 0 Å². The van der Waals surface area contributed by atoms with Gasteiger partial charge in [-0.15, -0.1) is 0 Å². The molecule has 4 saturated heterocycles. The Morgan fingerprint density at radius 1 is 0.587 bits per heavy atom. The molecule has 8 aliphatic rings. The first-order chi connectivity index (χ1) is 35.1. The quantitative estimate of drug-likeness (QED) is 0.0651. The Bertz CT molecular complexity index is 1940. The summed E-state index contributed by atoms with van der Waals surface area (Å²) >= 11 is 0. The highest BCUT2D eigenvalue weighted by atomic mass is 16.8. The summed E-state index contributed by atoms with van der Waals surface area (Å²) in [6.07, 6.45) is -22.7. The van der Waals surface area contributed by atoms with Crippen LogP contribution < -0.4 is 0 Å². The SMILES string of the molecule is CC(C)=CCC[C@](C)(OC1OC(OCC2OCC(O)C(O)C2O)C(O)C(O)C1O)[C@H]1CC[C@]2(C)[C@@H]1[C@H](O)C[C@@H]1[C@@]3(C)CC[C@H](OC4OC(CO)C(O)C(O)C4OC4OC(CO)C(O)C(O)C4O)C(C)(C)[C@@H]3CC[C@]12C. The Kier molecular flexibility index (Phi) is 18.1. The lowest BCUT2D eigenvalue weighted by Crippen LogP contribution is -2.68. The molecule has 29 atom stereocenters. The van der Waals surface area contributed by atoms with Crippen LogP contribution in [0.4, 0.5) is 0 Å². The highest BCUT2D eigenvalue weighted by molar-refractivity contribution is 5.20. The predicted octanol–water partition coefficient (Wildman–Crippen LogP) is -1.56.